The van der Waals surface area contributed by atoms with E-state index in [1.807, 2.05) is 6.92 Å². The first-order chi connectivity index (χ1) is 7.14. The standard InChI is InChI=1S/C12H22O3/c1-4-6-7-8-11-9-12(11,14-5-2)15-10(3)13/h11H,4-9H2,1-3H3/t11-,12+/m1/s1. The predicted octanol–water partition coefficient (Wildman–Crippen LogP) is 2.88. The van der Waals surface area contributed by atoms with Crippen molar-refractivity contribution in [3.8, 4) is 0 Å². The van der Waals surface area contributed by atoms with Gasteiger partial charge in [-0.1, -0.05) is 26.2 Å². The van der Waals surface area contributed by atoms with E-state index < -0.39 is 5.79 Å². The van der Waals surface area contributed by atoms with Crippen LogP contribution in [-0.4, -0.2) is 18.4 Å². The Hall–Kier alpha value is -0.570. The molecule has 1 aliphatic carbocycles. The lowest BCUT2D eigenvalue weighted by atomic mass is 10.1. The van der Waals surface area contributed by atoms with Crippen LogP contribution in [-0.2, 0) is 14.3 Å². The van der Waals surface area contributed by atoms with Crippen LogP contribution in [0.25, 0.3) is 0 Å². The van der Waals surface area contributed by atoms with Gasteiger partial charge in [-0.3, -0.25) is 4.79 Å². The zero-order valence-electron chi connectivity index (χ0n) is 10.0. The van der Waals surface area contributed by atoms with E-state index in [1.165, 1.54) is 26.2 Å². The molecule has 0 aliphatic heterocycles. The van der Waals surface area contributed by atoms with Crippen LogP contribution in [0.15, 0.2) is 0 Å². The first kappa shape index (κ1) is 12.5. The summed E-state index contributed by atoms with van der Waals surface area (Å²) in [6.45, 7) is 6.18. The van der Waals surface area contributed by atoms with Crippen LogP contribution >= 0.6 is 0 Å². The number of unbranched alkanes of at least 4 members (excludes halogenated alkanes) is 2. The molecule has 3 nitrogen and oxygen atoms in total. The topological polar surface area (TPSA) is 35.5 Å². The Morgan fingerprint density at radius 2 is 2.13 bits per heavy atom. The number of carbonyl (C=O) groups excluding carboxylic acids is 1. The van der Waals surface area contributed by atoms with Gasteiger partial charge in [0.15, 0.2) is 0 Å². The van der Waals surface area contributed by atoms with Gasteiger partial charge in [0.05, 0.1) is 0 Å². The summed E-state index contributed by atoms with van der Waals surface area (Å²) in [4.78, 5) is 10.9. The van der Waals surface area contributed by atoms with E-state index >= 15 is 0 Å². The minimum Gasteiger partial charge on any atom is -0.433 e. The van der Waals surface area contributed by atoms with Crippen molar-refractivity contribution in [1.82, 2.24) is 0 Å². The van der Waals surface area contributed by atoms with Crippen LogP contribution < -0.4 is 0 Å². The van der Waals surface area contributed by atoms with E-state index in [-0.39, 0.29) is 5.97 Å². The highest BCUT2D eigenvalue weighted by molar-refractivity contribution is 5.66. The molecule has 3 heteroatoms. The second kappa shape index (κ2) is 5.50. The molecule has 0 spiro atoms. The van der Waals surface area contributed by atoms with Gasteiger partial charge < -0.3 is 9.47 Å². The number of esters is 1. The summed E-state index contributed by atoms with van der Waals surface area (Å²) in [5.74, 6) is -0.372. The minimum absolute atomic E-state index is 0.235. The summed E-state index contributed by atoms with van der Waals surface area (Å²) < 4.78 is 10.8. The fraction of sp³-hybridized carbons (Fsp3) is 0.917. The Balaban J connectivity index is 2.32. The number of hydrogen-bond acceptors (Lipinski definition) is 3. The van der Waals surface area contributed by atoms with Gasteiger partial charge in [-0.25, -0.2) is 0 Å². The average Bonchev–Trinajstić information content (AvgIpc) is 2.78. The van der Waals surface area contributed by atoms with Gasteiger partial charge in [-0.15, -0.1) is 0 Å². The molecule has 0 N–H and O–H groups in total. The van der Waals surface area contributed by atoms with Crippen LogP contribution in [0.2, 0.25) is 0 Å². The van der Waals surface area contributed by atoms with Gasteiger partial charge in [0, 0.05) is 25.9 Å². The van der Waals surface area contributed by atoms with Crippen LogP contribution in [0, 0.1) is 5.92 Å². The average molecular weight is 214 g/mol. The van der Waals surface area contributed by atoms with Crippen molar-refractivity contribution in [2.75, 3.05) is 6.61 Å². The lowest BCUT2D eigenvalue weighted by Crippen LogP contribution is -2.24. The molecule has 0 heterocycles. The number of rotatable bonds is 7. The van der Waals surface area contributed by atoms with E-state index in [2.05, 4.69) is 6.92 Å². The van der Waals surface area contributed by atoms with Crippen molar-refractivity contribution in [2.45, 2.75) is 58.7 Å². The normalized spacial score (nSPS) is 28.9. The van der Waals surface area contributed by atoms with Crippen molar-refractivity contribution in [3.63, 3.8) is 0 Å². The molecule has 1 rings (SSSR count). The molecule has 1 saturated carbocycles. The summed E-state index contributed by atoms with van der Waals surface area (Å²) in [7, 11) is 0. The molecule has 0 bridgehead atoms. The number of ether oxygens (including phenoxy) is 2. The Bertz CT molecular complexity index is 215. The lowest BCUT2D eigenvalue weighted by Gasteiger charge is -2.17. The van der Waals surface area contributed by atoms with E-state index in [9.17, 15) is 4.79 Å². The first-order valence-electron chi connectivity index (χ1n) is 5.98. The van der Waals surface area contributed by atoms with Gasteiger partial charge >= 0.3 is 5.97 Å². The molecule has 0 saturated heterocycles. The SMILES string of the molecule is CCCCC[C@@H]1C[C@]1(OCC)OC(C)=O. The third-order valence-electron chi connectivity index (χ3n) is 2.85. The van der Waals surface area contributed by atoms with E-state index in [4.69, 9.17) is 9.47 Å². The van der Waals surface area contributed by atoms with Gasteiger partial charge in [0.25, 0.3) is 0 Å². The lowest BCUT2D eigenvalue weighted by molar-refractivity contribution is -0.191. The van der Waals surface area contributed by atoms with Crippen LogP contribution in [0.5, 0.6) is 0 Å². The van der Waals surface area contributed by atoms with Crippen molar-refractivity contribution in [3.05, 3.63) is 0 Å². The fourth-order valence-corrected chi connectivity index (χ4v) is 2.07. The summed E-state index contributed by atoms with van der Waals surface area (Å²) in [6, 6.07) is 0. The zero-order valence-corrected chi connectivity index (χ0v) is 10.0. The Kier molecular flexibility index (Phi) is 4.58. The maximum Gasteiger partial charge on any atom is 0.305 e. The molecular formula is C12H22O3. The number of hydrogen-bond donors (Lipinski definition) is 0. The molecule has 0 unspecified atom stereocenters. The Morgan fingerprint density at radius 3 is 2.67 bits per heavy atom. The smallest absolute Gasteiger partial charge is 0.305 e. The molecule has 1 fully saturated rings. The minimum atomic E-state index is -0.561. The molecule has 15 heavy (non-hydrogen) atoms. The molecule has 0 aromatic heterocycles. The van der Waals surface area contributed by atoms with Crippen molar-refractivity contribution in [1.29, 1.82) is 0 Å². The molecule has 0 radical (unpaired) electrons. The van der Waals surface area contributed by atoms with Crippen molar-refractivity contribution >= 4 is 5.97 Å². The van der Waals surface area contributed by atoms with Gasteiger partial charge in [-0.2, -0.15) is 0 Å². The van der Waals surface area contributed by atoms with Crippen molar-refractivity contribution in [2.24, 2.45) is 5.92 Å². The first-order valence-corrected chi connectivity index (χ1v) is 5.98. The molecule has 0 aromatic rings. The molecular weight excluding hydrogens is 192 g/mol. The Labute approximate surface area is 92.1 Å². The second-order valence-electron chi connectivity index (χ2n) is 4.24. The van der Waals surface area contributed by atoms with Gasteiger partial charge in [0.2, 0.25) is 5.79 Å². The molecule has 2 atom stereocenters. The second-order valence-corrected chi connectivity index (χ2v) is 4.24. The number of carbonyl (C=O) groups is 1. The van der Waals surface area contributed by atoms with E-state index in [1.54, 1.807) is 0 Å². The van der Waals surface area contributed by atoms with Gasteiger partial charge in [0.1, 0.15) is 0 Å². The monoisotopic (exact) mass is 214 g/mol. The summed E-state index contributed by atoms with van der Waals surface area (Å²) >= 11 is 0. The maximum atomic E-state index is 10.9. The maximum absolute atomic E-state index is 10.9. The summed E-state index contributed by atoms with van der Waals surface area (Å²) in [5.41, 5.74) is 0. The van der Waals surface area contributed by atoms with Crippen LogP contribution in [0.4, 0.5) is 0 Å². The highest BCUT2D eigenvalue weighted by Crippen LogP contribution is 2.50. The zero-order chi connectivity index (χ0) is 11.3. The van der Waals surface area contributed by atoms with E-state index in [0.717, 1.165) is 12.8 Å². The largest absolute Gasteiger partial charge is 0.433 e. The van der Waals surface area contributed by atoms with Crippen LogP contribution in [0.1, 0.15) is 52.9 Å². The molecule has 1 aliphatic rings. The predicted molar refractivity (Wildman–Crippen MR) is 58.4 cm³/mol. The third-order valence-corrected chi connectivity index (χ3v) is 2.85. The van der Waals surface area contributed by atoms with Crippen LogP contribution in [0.3, 0.4) is 0 Å². The quantitative estimate of drug-likeness (QED) is 0.371. The summed E-state index contributed by atoms with van der Waals surface area (Å²) in [6.07, 6.45) is 5.67. The third kappa shape index (κ3) is 3.49. The van der Waals surface area contributed by atoms with Gasteiger partial charge in [-0.05, 0) is 13.3 Å². The fourth-order valence-electron chi connectivity index (χ4n) is 2.07. The summed E-state index contributed by atoms with van der Waals surface area (Å²) in [5, 5.41) is 0. The molecule has 0 amide bonds. The van der Waals surface area contributed by atoms with Crippen molar-refractivity contribution < 1.29 is 14.3 Å². The Morgan fingerprint density at radius 1 is 1.40 bits per heavy atom. The van der Waals surface area contributed by atoms with E-state index in [0.29, 0.717) is 12.5 Å². The highest BCUT2D eigenvalue weighted by Gasteiger charge is 2.58. The molecule has 0 aromatic carbocycles. The highest BCUT2D eigenvalue weighted by atomic mass is 16.7. The molecule has 88 valence electrons.